The Morgan fingerprint density at radius 2 is 2.18 bits per heavy atom. The van der Waals surface area contributed by atoms with Gasteiger partial charge in [-0.3, -0.25) is 0 Å². The van der Waals surface area contributed by atoms with Crippen LogP contribution >= 0.6 is 15.9 Å². The zero-order chi connectivity index (χ0) is 12.4. The molecule has 0 saturated carbocycles. The van der Waals surface area contributed by atoms with Crippen LogP contribution in [0.2, 0.25) is 0 Å². The van der Waals surface area contributed by atoms with Crippen LogP contribution in [-0.2, 0) is 0 Å². The fourth-order valence-electron chi connectivity index (χ4n) is 1.76. The highest BCUT2D eigenvalue weighted by molar-refractivity contribution is 9.10. The Morgan fingerprint density at radius 3 is 2.76 bits per heavy atom. The van der Waals surface area contributed by atoms with E-state index in [1.54, 1.807) is 6.07 Å². The van der Waals surface area contributed by atoms with Crippen LogP contribution in [0.3, 0.4) is 0 Å². The first-order valence-electron chi connectivity index (χ1n) is 5.15. The lowest BCUT2D eigenvalue weighted by atomic mass is 10.3. The van der Waals surface area contributed by atoms with E-state index in [4.69, 9.17) is 5.73 Å². The average Bonchev–Trinajstić information content (AvgIpc) is 2.32. The Morgan fingerprint density at radius 1 is 1.53 bits per heavy atom. The lowest BCUT2D eigenvalue weighted by molar-refractivity contribution is -0.388. The molecule has 1 aromatic rings. The first kappa shape index (κ1) is 12.1. The van der Waals surface area contributed by atoms with E-state index in [1.165, 1.54) is 0 Å². The number of rotatable bonds is 2. The van der Waals surface area contributed by atoms with Crippen molar-refractivity contribution >= 4 is 33.1 Å². The predicted octanol–water partition coefficient (Wildman–Crippen LogP) is 0.744. The lowest BCUT2D eigenvalue weighted by Gasteiger charge is -2.29. The summed E-state index contributed by atoms with van der Waals surface area (Å²) in [4.78, 5) is 16.1. The second-order valence-corrected chi connectivity index (χ2v) is 4.46. The van der Waals surface area contributed by atoms with E-state index < -0.39 is 4.92 Å². The number of nitrogens with two attached hydrogens (primary N) is 1. The van der Waals surface area contributed by atoms with Gasteiger partial charge in [-0.05, 0) is 16.0 Å². The second-order valence-electron chi connectivity index (χ2n) is 3.71. The minimum absolute atomic E-state index is 0.0896. The highest BCUT2D eigenvalue weighted by Gasteiger charge is 2.22. The molecule has 0 aliphatic carbocycles. The lowest BCUT2D eigenvalue weighted by Crippen LogP contribution is -2.43. The van der Waals surface area contributed by atoms with Crippen LogP contribution in [0.25, 0.3) is 0 Å². The maximum atomic E-state index is 10.7. The van der Waals surface area contributed by atoms with E-state index in [2.05, 4.69) is 31.1 Å². The molecule has 0 aromatic carbocycles. The highest BCUT2D eigenvalue weighted by Crippen LogP contribution is 2.31. The summed E-state index contributed by atoms with van der Waals surface area (Å²) in [6.07, 6.45) is 0. The summed E-state index contributed by atoms with van der Waals surface area (Å²) in [6.45, 7) is 3.42. The smallest absolute Gasteiger partial charge is 0.388 e. The summed E-state index contributed by atoms with van der Waals surface area (Å²) in [5.41, 5.74) is 6.52. The first-order valence-corrected chi connectivity index (χ1v) is 5.95. The quantitative estimate of drug-likeness (QED) is 0.475. The molecular formula is C9H12BrN5O2. The van der Waals surface area contributed by atoms with Crippen LogP contribution in [0, 0.1) is 10.1 Å². The molecule has 1 fully saturated rings. The summed E-state index contributed by atoms with van der Waals surface area (Å²) in [5.74, 6) is -0.309. The van der Waals surface area contributed by atoms with Crippen molar-refractivity contribution < 1.29 is 4.92 Å². The van der Waals surface area contributed by atoms with E-state index in [0.717, 1.165) is 31.9 Å². The number of nitro groups is 1. The van der Waals surface area contributed by atoms with Crippen LogP contribution in [0.1, 0.15) is 0 Å². The minimum atomic E-state index is -0.582. The maximum absolute atomic E-state index is 10.7. The van der Waals surface area contributed by atoms with Crippen molar-refractivity contribution in [2.75, 3.05) is 36.8 Å². The van der Waals surface area contributed by atoms with Crippen LogP contribution in [-0.4, -0.2) is 36.1 Å². The van der Waals surface area contributed by atoms with Crippen LogP contribution in [0.15, 0.2) is 10.7 Å². The fraction of sp³-hybridized carbons (Fsp3) is 0.444. The van der Waals surface area contributed by atoms with Gasteiger partial charge in [-0.25, -0.2) is 0 Å². The van der Waals surface area contributed by atoms with Crippen LogP contribution in [0.4, 0.5) is 17.2 Å². The Labute approximate surface area is 106 Å². The number of piperazine rings is 1. The molecule has 1 aromatic heterocycles. The fourth-order valence-corrected chi connectivity index (χ4v) is 2.29. The monoisotopic (exact) mass is 301 g/mol. The van der Waals surface area contributed by atoms with Gasteiger partial charge in [0.25, 0.3) is 0 Å². The van der Waals surface area contributed by atoms with Crippen LogP contribution in [0.5, 0.6) is 0 Å². The van der Waals surface area contributed by atoms with E-state index in [9.17, 15) is 10.1 Å². The van der Waals surface area contributed by atoms with Crippen LogP contribution < -0.4 is 16.0 Å². The van der Waals surface area contributed by atoms with Crippen molar-refractivity contribution in [2.24, 2.45) is 0 Å². The Kier molecular flexibility index (Phi) is 3.43. The molecule has 2 heterocycles. The Bertz CT molecular complexity index is 447. The molecule has 1 saturated heterocycles. The molecule has 1 aliphatic heterocycles. The van der Waals surface area contributed by atoms with E-state index in [0.29, 0.717) is 4.60 Å². The first-order chi connectivity index (χ1) is 8.09. The van der Waals surface area contributed by atoms with Gasteiger partial charge < -0.3 is 26.1 Å². The average molecular weight is 302 g/mol. The standard InChI is InChI=1S/C9H12BrN5O2/c10-8-7(14-3-1-12-2-4-14)5-6(11)9(13-8)15(16)17/h5,12H,1-4,11H2. The molecule has 92 valence electrons. The molecule has 0 atom stereocenters. The summed E-state index contributed by atoms with van der Waals surface area (Å²) in [7, 11) is 0. The third-order valence-corrected chi connectivity index (χ3v) is 3.18. The number of nitrogen functional groups attached to an aromatic ring is 1. The number of halogens is 1. The summed E-state index contributed by atoms with van der Waals surface area (Å²) >= 11 is 3.25. The van der Waals surface area contributed by atoms with E-state index in [-0.39, 0.29) is 11.5 Å². The molecule has 0 bridgehead atoms. The Hall–Kier alpha value is -1.41. The van der Waals surface area contributed by atoms with Gasteiger partial charge in [-0.15, -0.1) is 0 Å². The number of hydrogen-bond donors (Lipinski definition) is 2. The predicted molar refractivity (Wildman–Crippen MR) is 68.1 cm³/mol. The molecule has 8 heteroatoms. The topological polar surface area (TPSA) is 97.3 Å². The van der Waals surface area contributed by atoms with Gasteiger partial charge in [-0.1, -0.05) is 0 Å². The molecule has 0 radical (unpaired) electrons. The van der Waals surface area contributed by atoms with Gasteiger partial charge >= 0.3 is 5.82 Å². The molecule has 17 heavy (non-hydrogen) atoms. The van der Waals surface area contributed by atoms with Crippen molar-refractivity contribution in [1.82, 2.24) is 10.3 Å². The normalized spacial score (nSPS) is 15.9. The van der Waals surface area contributed by atoms with Crippen molar-refractivity contribution in [3.05, 3.63) is 20.8 Å². The summed E-state index contributed by atoms with van der Waals surface area (Å²) in [5, 5.41) is 13.9. The molecule has 0 unspecified atom stereocenters. The van der Waals surface area contributed by atoms with E-state index >= 15 is 0 Å². The van der Waals surface area contributed by atoms with Gasteiger partial charge in [0.1, 0.15) is 5.69 Å². The van der Waals surface area contributed by atoms with Crippen molar-refractivity contribution in [1.29, 1.82) is 0 Å². The number of aromatic nitrogens is 1. The largest absolute Gasteiger partial charge is 0.392 e. The number of nitrogens with zero attached hydrogens (tertiary/aromatic N) is 3. The van der Waals surface area contributed by atoms with Gasteiger partial charge in [0.05, 0.1) is 5.69 Å². The second kappa shape index (κ2) is 4.84. The van der Waals surface area contributed by atoms with Crippen molar-refractivity contribution in [2.45, 2.75) is 0 Å². The minimum Gasteiger partial charge on any atom is -0.392 e. The molecule has 2 rings (SSSR count). The van der Waals surface area contributed by atoms with Gasteiger partial charge in [0.15, 0.2) is 0 Å². The molecule has 0 spiro atoms. The molecule has 0 amide bonds. The molecular weight excluding hydrogens is 290 g/mol. The number of nitrogens with one attached hydrogen (secondary N) is 1. The van der Waals surface area contributed by atoms with Gasteiger partial charge in [-0.2, -0.15) is 0 Å². The number of anilines is 2. The SMILES string of the molecule is Nc1cc(N2CCNCC2)c(Br)nc1[N+](=O)[O-]. The van der Waals surface area contributed by atoms with Gasteiger partial charge in [0, 0.05) is 42.1 Å². The Balaban J connectivity index is 2.35. The molecule has 1 aliphatic rings. The zero-order valence-electron chi connectivity index (χ0n) is 9.02. The third kappa shape index (κ3) is 2.47. The summed E-state index contributed by atoms with van der Waals surface area (Å²) < 4.78 is 0.459. The maximum Gasteiger partial charge on any atom is 0.388 e. The van der Waals surface area contributed by atoms with E-state index in [1.807, 2.05) is 0 Å². The van der Waals surface area contributed by atoms with Crippen molar-refractivity contribution in [3.63, 3.8) is 0 Å². The zero-order valence-corrected chi connectivity index (χ0v) is 10.6. The highest BCUT2D eigenvalue weighted by atomic mass is 79.9. The molecule has 3 N–H and O–H groups in total. The molecule has 7 nitrogen and oxygen atoms in total. The van der Waals surface area contributed by atoms with Gasteiger partial charge in [0.2, 0.25) is 4.60 Å². The third-order valence-electron chi connectivity index (χ3n) is 2.60. The number of pyridine rings is 1. The van der Waals surface area contributed by atoms with Crippen molar-refractivity contribution in [3.8, 4) is 0 Å². The number of hydrogen-bond acceptors (Lipinski definition) is 6. The summed E-state index contributed by atoms with van der Waals surface area (Å²) in [6, 6.07) is 1.60.